The number of hydrogen-bond donors (Lipinski definition) is 3. The van der Waals surface area contributed by atoms with Crippen LogP contribution < -0.4 is 16.4 Å². The fourth-order valence-electron chi connectivity index (χ4n) is 3.05. The molecule has 168 valence electrons. The van der Waals surface area contributed by atoms with Crippen LogP contribution in [0.15, 0.2) is 60.8 Å². The lowest BCUT2D eigenvalue weighted by atomic mass is 10.1. The maximum absolute atomic E-state index is 12.3. The Morgan fingerprint density at radius 3 is 2.39 bits per heavy atom. The minimum absolute atomic E-state index is 0.211. The van der Waals surface area contributed by atoms with Gasteiger partial charge in [-0.1, -0.05) is 24.3 Å². The molecule has 0 unspecified atom stereocenters. The standard InChI is InChI=1S/C22H20F2N8O/c1-32-22(28-16-8-6-13(7-9-16)17-10-11-26-21(25)29-17)30-19(31-32)14-2-4-15(5-3-14)20(33)27-12-18(23)24/h2-11,18H,12H2,1H3,(H,27,33)(H2,25,26,29)(H,28,30,31). The first-order valence-corrected chi connectivity index (χ1v) is 9.93. The fraction of sp³-hybridized carbons (Fsp3) is 0.136. The van der Waals surface area contributed by atoms with Gasteiger partial charge in [0, 0.05) is 35.6 Å². The van der Waals surface area contributed by atoms with Crippen molar-refractivity contribution >= 4 is 23.5 Å². The summed E-state index contributed by atoms with van der Waals surface area (Å²) in [7, 11) is 1.75. The average molecular weight is 450 g/mol. The Balaban J connectivity index is 1.46. The highest BCUT2D eigenvalue weighted by molar-refractivity contribution is 5.94. The second-order valence-corrected chi connectivity index (χ2v) is 7.06. The number of nitrogens with one attached hydrogen (secondary N) is 2. The maximum Gasteiger partial charge on any atom is 0.255 e. The summed E-state index contributed by atoms with van der Waals surface area (Å²) >= 11 is 0. The first kappa shape index (κ1) is 21.8. The summed E-state index contributed by atoms with van der Waals surface area (Å²) in [5.74, 6) is 0.616. The highest BCUT2D eigenvalue weighted by Gasteiger charge is 2.12. The minimum atomic E-state index is -2.60. The Hall–Kier alpha value is -4.41. The predicted molar refractivity (Wildman–Crippen MR) is 120 cm³/mol. The molecule has 0 radical (unpaired) electrons. The molecule has 0 aliphatic carbocycles. The summed E-state index contributed by atoms with van der Waals surface area (Å²) in [6, 6.07) is 15.8. The Bertz CT molecular complexity index is 1260. The number of halogens is 2. The van der Waals surface area contributed by atoms with E-state index in [1.54, 1.807) is 36.1 Å². The van der Waals surface area contributed by atoms with Gasteiger partial charge in [0.15, 0.2) is 5.82 Å². The highest BCUT2D eigenvalue weighted by atomic mass is 19.3. The molecule has 0 aliphatic heterocycles. The monoisotopic (exact) mass is 450 g/mol. The molecule has 2 aromatic carbocycles. The van der Waals surface area contributed by atoms with Gasteiger partial charge in [-0.2, -0.15) is 4.98 Å². The average Bonchev–Trinajstić information content (AvgIpc) is 3.18. The van der Waals surface area contributed by atoms with Gasteiger partial charge < -0.3 is 16.4 Å². The van der Waals surface area contributed by atoms with E-state index in [9.17, 15) is 13.6 Å². The Morgan fingerprint density at radius 1 is 1.03 bits per heavy atom. The number of aryl methyl sites for hydroxylation is 1. The van der Waals surface area contributed by atoms with E-state index in [2.05, 4.69) is 30.7 Å². The quantitative estimate of drug-likeness (QED) is 0.395. The van der Waals surface area contributed by atoms with Crippen LogP contribution in [-0.2, 0) is 7.05 Å². The third-order valence-electron chi connectivity index (χ3n) is 4.70. The van der Waals surface area contributed by atoms with Crippen LogP contribution in [0.2, 0.25) is 0 Å². The summed E-state index contributed by atoms with van der Waals surface area (Å²) in [4.78, 5) is 24.5. The molecule has 4 rings (SSSR count). The number of nitrogens with two attached hydrogens (primary N) is 1. The molecule has 2 aromatic heterocycles. The van der Waals surface area contributed by atoms with Gasteiger partial charge in [0.1, 0.15) is 0 Å². The van der Waals surface area contributed by atoms with Crippen LogP contribution in [0.5, 0.6) is 0 Å². The van der Waals surface area contributed by atoms with Crippen LogP contribution in [0.1, 0.15) is 10.4 Å². The third-order valence-corrected chi connectivity index (χ3v) is 4.70. The van der Waals surface area contributed by atoms with Crippen molar-refractivity contribution in [3.8, 4) is 22.6 Å². The van der Waals surface area contributed by atoms with Crippen LogP contribution in [-0.4, -0.2) is 43.6 Å². The number of benzene rings is 2. The van der Waals surface area contributed by atoms with Crippen molar-refractivity contribution in [2.45, 2.75) is 6.43 Å². The smallest absolute Gasteiger partial charge is 0.255 e. The summed E-state index contributed by atoms with van der Waals surface area (Å²) < 4.78 is 26.1. The fourth-order valence-corrected chi connectivity index (χ4v) is 3.05. The Kier molecular flexibility index (Phi) is 6.20. The Morgan fingerprint density at radius 2 is 1.73 bits per heavy atom. The van der Waals surface area contributed by atoms with Gasteiger partial charge in [-0.25, -0.2) is 23.4 Å². The van der Waals surface area contributed by atoms with E-state index >= 15 is 0 Å². The van der Waals surface area contributed by atoms with Crippen molar-refractivity contribution in [2.24, 2.45) is 7.05 Å². The van der Waals surface area contributed by atoms with Gasteiger partial charge in [-0.15, -0.1) is 5.10 Å². The van der Waals surface area contributed by atoms with E-state index in [1.807, 2.05) is 24.3 Å². The number of nitrogen functional groups attached to an aromatic ring is 1. The molecule has 0 spiro atoms. The van der Waals surface area contributed by atoms with Gasteiger partial charge >= 0.3 is 0 Å². The van der Waals surface area contributed by atoms with Crippen molar-refractivity contribution < 1.29 is 13.6 Å². The molecule has 11 heteroatoms. The molecule has 0 bridgehead atoms. The highest BCUT2D eigenvalue weighted by Crippen LogP contribution is 2.23. The molecule has 9 nitrogen and oxygen atoms in total. The topological polar surface area (TPSA) is 124 Å². The minimum Gasteiger partial charge on any atom is -0.368 e. The van der Waals surface area contributed by atoms with E-state index in [4.69, 9.17) is 5.73 Å². The van der Waals surface area contributed by atoms with Crippen LogP contribution in [0, 0.1) is 0 Å². The number of aromatic nitrogens is 5. The number of nitrogens with zero attached hydrogens (tertiary/aromatic N) is 5. The molecule has 4 N–H and O–H groups in total. The van der Waals surface area contributed by atoms with E-state index in [0.29, 0.717) is 17.3 Å². The molecule has 1 amide bonds. The largest absolute Gasteiger partial charge is 0.368 e. The number of carbonyl (C=O) groups excluding carboxylic acids is 1. The van der Waals surface area contributed by atoms with Crippen molar-refractivity contribution in [3.05, 3.63) is 66.4 Å². The molecule has 4 aromatic rings. The number of hydrogen-bond acceptors (Lipinski definition) is 7. The van der Waals surface area contributed by atoms with Gasteiger partial charge in [0.2, 0.25) is 11.9 Å². The first-order chi connectivity index (χ1) is 15.9. The second-order valence-electron chi connectivity index (χ2n) is 7.06. The summed E-state index contributed by atoms with van der Waals surface area (Å²) in [6.07, 6.45) is -0.994. The zero-order valence-corrected chi connectivity index (χ0v) is 17.5. The number of rotatable bonds is 7. The zero-order chi connectivity index (χ0) is 23.4. The van der Waals surface area contributed by atoms with E-state index < -0.39 is 18.9 Å². The summed E-state index contributed by atoms with van der Waals surface area (Å²) in [5.41, 5.74) is 9.02. The van der Waals surface area contributed by atoms with E-state index in [0.717, 1.165) is 16.9 Å². The normalized spacial score (nSPS) is 10.9. The molecule has 2 heterocycles. The Labute approximate surface area is 187 Å². The predicted octanol–water partition coefficient (Wildman–Crippen LogP) is 3.26. The van der Waals surface area contributed by atoms with Crippen LogP contribution in [0.4, 0.5) is 26.4 Å². The molecule has 0 saturated heterocycles. The van der Waals surface area contributed by atoms with Gasteiger partial charge in [-0.05, 0) is 30.3 Å². The first-order valence-electron chi connectivity index (χ1n) is 9.93. The number of amides is 1. The van der Waals surface area contributed by atoms with Gasteiger partial charge in [0.25, 0.3) is 12.3 Å². The SMILES string of the molecule is Cn1nc(-c2ccc(C(=O)NCC(F)F)cc2)nc1Nc1ccc(-c2ccnc(N)n2)cc1. The van der Waals surface area contributed by atoms with E-state index in [1.165, 1.54) is 12.1 Å². The van der Waals surface area contributed by atoms with Crippen molar-refractivity contribution in [1.29, 1.82) is 0 Å². The lowest BCUT2D eigenvalue weighted by molar-refractivity contribution is 0.0891. The van der Waals surface area contributed by atoms with Crippen LogP contribution in [0.25, 0.3) is 22.6 Å². The molecule has 0 fully saturated rings. The number of anilines is 3. The lowest BCUT2D eigenvalue weighted by Gasteiger charge is -2.06. The molecular weight excluding hydrogens is 430 g/mol. The van der Waals surface area contributed by atoms with Crippen LogP contribution >= 0.6 is 0 Å². The third kappa shape index (κ3) is 5.26. The molecule has 0 saturated carbocycles. The van der Waals surface area contributed by atoms with Crippen molar-refractivity contribution in [1.82, 2.24) is 30.0 Å². The zero-order valence-electron chi connectivity index (χ0n) is 17.5. The van der Waals surface area contributed by atoms with Crippen molar-refractivity contribution in [2.75, 3.05) is 17.6 Å². The number of carbonyl (C=O) groups is 1. The van der Waals surface area contributed by atoms with Crippen LogP contribution in [0.3, 0.4) is 0 Å². The molecular formula is C22H20F2N8O. The molecule has 33 heavy (non-hydrogen) atoms. The van der Waals surface area contributed by atoms with Crippen molar-refractivity contribution in [3.63, 3.8) is 0 Å². The van der Waals surface area contributed by atoms with Gasteiger partial charge in [-0.3, -0.25) is 4.79 Å². The lowest BCUT2D eigenvalue weighted by Crippen LogP contribution is -2.28. The maximum atomic E-state index is 12.3. The molecule has 0 aliphatic rings. The second kappa shape index (κ2) is 9.39. The summed E-state index contributed by atoms with van der Waals surface area (Å²) in [5, 5.41) is 9.77. The number of alkyl halides is 2. The summed E-state index contributed by atoms with van der Waals surface area (Å²) in [6.45, 7) is -0.689. The van der Waals surface area contributed by atoms with E-state index in [-0.39, 0.29) is 11.5 Å². The molecule has 0 atom stereocenters. The van der Waals surface area contributed by atoms with Gasteiger partial charge in [0.05, 0.1) is 12.2 Å².